The number of nitrogens with one attached hydrogen (secondary N) is 2. The van der Waals surface area contributed by atoms with Crippen LogP contribution in [0, 0.1) is 11.6 Å². The zero-order chi connectivity index (χ0) is 24.7. The molecule has 2 aromatic carbocycles. The Hall–Kier alpha value is -3.70. The third-order valence-electron chi connectivity index (χ3n) is 5.50. The highest BCUT2D eigenvalue weighted by Gasteiger charge is 2.26. The van der Waals surface area contributed by atoms with Gasteiger partial charge in [0.15, 0.2) is 5.82 Å². The predicted molar refractivity (Wildman–Crippen MR) is 132 cm³/mol. The fraction of sp³-hybridized carbons (Fsp3) is 0.125. The van der Waals surface area contributed by atoms with Crippen molar-refractivity contribution in [2.75, 3.05) is 10.5 Å². The van der Waals surface area contributed by atoms with Gasteiger partial charge in [-0.1, -0.05) is 13.0 Å². The van der Waals surface area contributed by atoms with Crippen LogP contribution in [0.5, 0.6) is 0 Å². The van der Waals surface area contributed by atoms with E-state index in [0.717, 1.165) is 27.9 Å². The first-order valence-corrected chi connectivity index (χ1v) is 13.1. The molecule has 7 nitrogen and oxygen atoms in total. The molecule has 5 rings (SSSR count). The minimum Gasteiger partial charge on any atom is -0.345 e. The number of hydrogen-bond donors (Lipinski definition) is 2. The van der Waals surface area contributed by atoms with Crippen LogP contribution >= 0.6 is 11.3 Å². The minimum absolute atomic E-state index is 0.0135. The Balaban J connectivity index is 1.57. The summed E-state index contributed by atoms with van der Waals surface area (Å²) in [6.45, 7) is 1.66. The number of aromatic amines is 1. The van der Waals surface area contributed by atoms with Crippen LogP contribution in [0.15, 0.2) is 54.3 Å². The van der Waals surface area contributed by atoms with Crippen LogP contribution in [0.2, 0.25) is 0 Å². The number of aromatic nitrogens is 3. The Kier molecular flexibility index (Phi) is 5.81. The second-order valence-electron chi connectivity index (χ2n) is 7.89. The van der Waals surface area contributed by atoms with Gasteiger partial charge in [0.25, 0.3) is 0 Å². The summed E-state index contributed by atoms with van der Waals surface area (Å²) in [6, 6.07) is 9.25. The topological polar surface area (TPSA) is 105 Å². The van der Waals surface area contributed by atoms with Crippen LogP contribution in [0.3, 0.4) is 0 Å². The van der Waals surface area contributed by atoms with E-state index in [2.05, 4.69) is 19.7 Å². The third-order valence-corrected chi connectivity index (χ3v) is 7.77. The van der Waals surface area contributed by atoms with Gasteiger partial charge in [0, 0.05) is 28.9 Å². The van der Waals surface area contributed by atoms with Gasteiger partial charge in [0.05, 0.1) is 32.7 Å². The summed E-state index contributed by atoms with van der Waals surface area (Å²) in [7, 11) is -3.84. The summed E-state index contributed by atoms with van der Waals surface area (Å²) < 4.78 is 57.1. The molecule has 11 heteroatoms. The lowest BCUT2D eigenvalue weighted by molar-refractivity contribution is 0.103. The molecule has 0 bridgehead atoms. The molecule has 0 unspecified atom stereocenters. The fourth-order valence-electron chi connectivity index (χ4n) is 3.85. The molecule has 0 aliphatic heterocycles. The number of ketones is 1. The van der Waals surface area contributed by atoms with Crippen LogP contribution in [0.4, 0.5) is 14.5 Å². The van der Waals surface area contributed by atoms with Gasteiger partial charge in [-0.3, -0.25) is 9.52 Å². The Labute approximate surface area is 202 Å². The number of carbonyl (C=O) groups excluding carboxylic acids is 1. The normalized spacial score (nSPS) is 11.9. The van der Waals surface area contributed by atoms with Gasteiger partial charge < -0.3 is 4.98 Å². The summed E-state index contributed by atoms with van der Waals surface area (Å²) in [5, 5.41) is 0.382. The van der Waals surface area contributed by atoms with E-state index in [1.54, 1.807) is 24.7 Å². The van der Waals surface area contributed by atoms with E-state index in [-0.39, 0.29) is 11.3 Å². The smallest absolute Gasteiger partial charge is 0.232 e. The van der Waals surface area contributed by atoms with E-state index in [9.17, 15) is 17.6 Å². The number of nitrogens with zero attached hydrogens (tertiary/aromatic N) is 2. The molecule has 178 valence electrons. The summed E-state index contributed by atoms with van der Waals surface area (Å²) in [4.78, 5) is 24.8. The molecule has 0 spiro atoms. The second-order valence-corrected chi connectivity index (χ2v) is 10.6. The van der Waals surface area contributed by atoms with Gasteiger partial charge >= 0.3 is 0 Å². The third kappa shape index (κ3) is 4.28. The molecule has 3 heterocycles. The summed E-state index contributed by atoms with van der Waals surface area (Å²) in [5.74, 6) is -3.54. The fourth-order valence-corrected chi connectivity index (χ4v) is 5.69. The molecule has 0 fully saturated rings. The molecule has 0 aliphatic carbocycles. The second kappa shape index (κ2) is 8.82. The Morgan fingerprint density at radius 2 is 1.94 bits per heavy atom. The number of sulfonamides is 1. The van der Waals surface area contributed by atoms with Crippen molar-refractivity contribution in [1.29, 1.82) is 0 Å². The Morgan fingerprint density at radius 1 is 1.11 bits per heavy atom. The minimum atomic E-state index is -3.84. The van der Waals surface area contributed by atoms with E-state index < -0.39 is 38.7 Å². The van der Waals surface area contributed by atoms with E-state index in [4.69, 9.17) is 0 Å². The molecule has 0 atom stereocenters. The molecular weight excluding hydrogens is 494 g/mol. The van der Waals surface area contributed by atoms with Crippen molar-refractivity contribution in [2.45, 2.75) is 13.3 Å². The van der Waals surface area contributed by atoms with Crippen molar-refractivity contribution in [3.8, 4) is 11.1 Å². The number of H-pyrrole nitrogens is 1. The number of carbonyl (C=O) groups is 1. The van der Waals surface area contributed by atoms with Gasteiger partial charge in [-0.05, 0) is 42.3 Å². The van der Waals surface area contributed by atoms with Crippen LogP contribution in [0.1, 0.15) is 29.3 Å². The lowest BCUT2D eigenvalue weighted by Gasteiger charge is -2.11. The van der Waals surface area contributed by atoms with Crippen molar-refractivity contribution in [2.24, 2.45) is 0 Å². The zero-order valence-electron chi connectivity index (χ0n) is 18.3. The molecule has 0 saturated heterocycles. The van der Waals surface area contributed by atoms with Crippen LogP contribution in [-0.2, 0) is 10.0 Å². The van der Waals surface area contributed by atoms with E-state index >= 15 is 4.39 Å². The average molecular weight is 513 g/mol. The largest absolute Gasteiger partial charge is 0.345 e. The number of thiazole rings is 1. The predicted octanol–water partition coefficient (Wildman–Crippen LogP) is 5.50. The van der Waals surface area contributed by atoms with E-state index in [1.165, 1.54) is 17.5 Å². The summed E-state index contributed by atoms with van der Waals surface area (Å²) in [5.41, 5.74) is 3.22. The first kappa shape index (κ1) is 23.1. The van der Waals surface area contributed by atoms with Crippen molar-refractivity contribution in [3.05, 3.63) is 77.1 Å². The van der Waals surface area contributed by atoms with Crippen molar-refractivity contribution < 1.29 is 22.0 Å². The summed E-state index contributed by atoms with van der Waals surface area (Å²) >= 11 is 1.49. The summed E-state index contributed by atoms with van der Waals surface area (Å²) in [6.07, 6.45) is 3.28. The molecule has 2 N–H and O–H groups in total. The lowest BCUT2D eigenvalue weighted by Crippen LogP contribution is -2.18. The van der Waals surface area contributed by atoms with Crippen molar-refractivity contribution in [1.82, 2.24) is 15.0 Å². The van der Waals surface area contributed by atoms with E-state index in [1.807, 2.05) is 18.2 Å². The van der Waals surface area contributed by atoms with Crippen LogP contribution in [-0.4, -0.2) is 34.9 Å². The zero-order valence-corrected chi connectivity index (χ0v) is 19.9. The molecule has 0 saturated carbocycles. The van der Waals surface area contributed by atoms with Gasteiger partial charge in [-0.15, -0.1) is 11.3 Å². The SMILES string of the molecule is CCCS(=O)(=O)Nc1ccc(F)c(C(=O)c2c[nH]c3ncc(-c4ccc5ncsc5c4)cc23)c1F. The Morgan fingerprint density at radius 3 is 2.74 bits per heavy atom. The number of pyridine rings is 1. The maximum Gasteiger partial charge on any atom is 0.232 e. The molecule has 5 aromatic rings. The number of rotatable bonds is 7. The van der Waals surface area contributed by atoms with Gasteiger partial charge in [-0.2, -0.15) is 0 Å². The van der Waals surface area contributed by atoms with Gasteiger partial charge in [0.2, 0.25) is 15.8 Å². The maximum absolute atomic E-state index is 15.2. The highest BCUT2D eigenvalue weighted by atomic mass is 32.2. The van der Waals surface area contributed by atoms with Crippen LogP contribution < -0.4 is 4.72 Å². The first-order chi connectivity index (χ1) is 16.8. The van der Waals surface area contributed by atoms with Gasteiger partial charge in [0.1, 0.15) is 11.5 Å². The Bertz CT molecular complexity index is 1710. The van der Waals surface area contributed by atoms with Crippen molar-refractivity contribution in [3.63, 3.8) is 0 Å². The molecule has 0 amide bonds. The molecule has 0 aliphatic rings. The number of hydrogen-bond acceptors (Lipinski definition) is 6. The molecule has 3 aromatic heterocycles. The van der Waals surface area contributed by atoms with Crippen molar-refractivity contribution >= 4 is 54.1 Å². The number of halogens is 2. The standard InChI is InChI=1S/C24H18F2N4O3S2/c1-2-7-35(32,33)30-19-6-4-17(25)21(22(19)26)23(31)16-11-28-24-15(16)8-14(10-27-24)13-3-5-18-20(9-13)34-12-29-18/h3-6,8-12,30H,2,7H2,1H3,(H,27,28). The van der Waals surface area contributed by atoms with Gasteiger partial charge in [-0.25, -0.2) is 27.2 Å². The quantitative estimate of drug-likeness (QED) is 0.280. The molecule has 35 heavy (non-hydrogen) atoms. The monoisotopic (exact) mass is 512 g/mol. The number of anilines is 1. The van der Waals surface area contributed by atoms with Crippen LogP contribution in [0.25, 0.3) is 32.4 Å². The lowest BCUT2D eigenvalue weighted by atomic mass is 10.00. The maximum atomic E-state index is 15.2. The molecule has 0 radical (unpaired) electrons. The number of fused-ring (bicyclic) bond motifs is 2. The molecular formula is C24H18F2N4O3S2. The highest BCUT2D eigenvalue weighted by molar-refractivity contribution is 7.92. The number of benzene rings is 2. The average Bonchev–Trinajstić information content (AvgIpc) is 3.46. The van der Waals surface area contributed by atoms with E-state index in [0.29, 0.717) is 23.0 Å². The highest BCUT2D eigenvalue weighted by Crippen LogP contribution is 2.31. The first-order valence-electron chi connectivity index (χ1n) is 10.6.